The Bertz CT molecular complexity index is 912. The average molecular weight is 348 g/mol. The molecule has 0 bridgehead atoms. The lowest BCUT2D eigenvalue weighted by Gasteiger charge is -2.20. The van der Waals surface area contributed by atoms with Gasteiger partial charge in [-0.05, 0) is 44.5 Å². The third kappa shape index (κ3) is 3.94. The van der Waals surface area contributed by atoms with E-state index in [1.54, 1.807) is 11.9 Å². The van der Waals surface area contributed by atoms with E-state index in [1.807, 2.05) is 61.0 Å². The number of amides is 2. The van der Waals surface area contributed by atoms with E-state index in [-0.39, 0.29) is 6.03 Å². The molecule has 0 saturated heterocycles. The van der Waals surface area contributed by atoms with Crippen LogP contribution < -0.4 is 5.32 Å². The summed E-state index contributed by atoms with van der Waals surface area (Å²) >= 11 is 0. The van der Waals surface area contributed by atoms with Crippen molar-refractivity contribution in [3.05, 3.63) is 77.1 Å². The van der Waals surface area contributed by atoms with Gasteiger partial charge in [0.2, 0.25) is 0 Å². The lowest BCUT2D eigenvalue weighted by atomic mass is 10.1. The number of carbonyl (C=O) groups is 1. The molecule has 0 fully saturated rings. The normalized spacial score (nSPS) is 10.6. The van der Waals surface area contributed by atoms with Gasteiger partial charge in [0.05, 0.1) is 17.1 Å². The van der Waals surface area contributed by atoms with Crippen LogP contribution in [0.3, 0.4) is 0 Å². The van der Waals surface area contributed by atoms with Gasteiger partial charge in [0.25, 0.3) is 0 Å². The zero-order chi connectivity index (χ0) is 18.7. The average Bonchev–Trinajstić information content (AvgIpc) is 2.95. The Kier molecular flexibility index (Phi) is 5.07. The van der Waals surface area contributed by atoms with Crippen LogP contribution in [0.2, 0.25) is 0 Å². The molecule has 0 unspecified atom stereocenters. The van der Waals surface area contributed by atoms with Crippen LogP contribution in [0.4, 0.5) is 10.5 Å². The molecule has 5 nitrogen and oxygen atoms in total. The topological polar surface area (TPSA) is 50.2 Å². The molecule has 1 aromatic heterocycles. The van der Waals surface area contributed by atoms with E-state index in [1.165, 1.54) is 5.56 Å². The summed E-state index contributed by atoms with van der Waals surface area (Å²) in [6.07, 6.45) is 0. The monoisotopic (exact) mass is 348 g/mol. The van der Waals surface area contributed by atoms with Gasteiger partial charge >= 0.3 is 6.03 Å². The third-order valence-electron chi connectivity index (χ3n) is 4.27. The number of carbonyl (C=O) groups excluding carboxylic acids is 1. The fourth-order valence-corrected chi connectivity index (χ4v) is 2.89. The number of hydrogen-bond donors (Lipinski definition) is 1. The van der Waals surface area contributed by atoms with Gasteiger partial charge in [-0.1, -0.05) is 42.0 Å². The first-order valence-corrected chi connectivity index (χ1v) is 8.64. The van der Waals surface area contributed by atoms with Crippen molar-refractivity contribution in [3.8, 4) is 5.69 Å². The number of hydrogen-bond acceptors (Lipinski definition) is 2. The minimum Gasteiger partial charge on any atom is -0.323 e. The highest BCUT2D eigenvalue weighted by Crippen LogP contribution is 2.22. The Morgan fingerprint density at radius 1 is 1.08 bits per heavy atom. The van der Waals surface area contributed by atoms with E-state index in [0.29, 0.717) is 6.54 Å². The quantitative estimate of drug-likeness (QED) is 0.757. The number of anilines is 1. The lowest BCUT2D eigenvalue weighted by Crippen LogP contribution is -2.31. The van der Waals surface area contributed by atoms with Crippen molar-refractivity contribution in [3.63, 3.8) is 0 Å². The van der Waals surface area contributed by atoms with Crippen LogP contribution in [0, 0.1) is 20.8 Å². The van der Waals surface area contributed by atoms with Crippen LogP contribution in [0.1, 0.15) is 22.5 Å². The van der Waals surface area contributed by atoms with Gasteiger partial charge in [0.1, 0.15) is 0 Å². The number of aryl methyl sites for hydroxylation is 3. The van der Waals surface area contributed by atoms with Crippen LogP contribution in [0.5, 0.6) is 0 Å². The molecular weight excluding hydrogens is 324 g/mol. The molecule has 0 aliphatic carbocycles. The second kappa shape index (κ2) is 7.44. The molecule has 0 radical (unpaired) electrons. The van der Waals surface area contributed by atoms with Crippen LogP contribution in [0.25, 0.3) is 5.69 Å². The Hall–Kier alpha value is -3.08. The predicted molar refractivity (Wildman–Crippen MR) is 105 cm³/mol. The molecule has 0 spiro atoms. The summed E-state index contributed by atoms with van der Waals surface area (Å²) in [6, 6.07) is 17.8. The number of nitrogens with one attached hydrogen (secondary N) is 1. The van der Waals surface area contributed by atoms with Crippen molar-refractivity contribution in [2.45, 2.75) is 27.3 Å². The lowest BCUT2D eigenvalue weighted by molar-refractivity contribution is 0.220. The van der Waals surface area contributed by atoms with Crippen LogP contribution >= 0.6 is 0 Å². The van der Waals surface area contributed by atoms with Crippen molar-refractivity contribution in [2.75, 3.05) is 12.4 Å². The highest BCUT2D eigenvalue weighted by Gasteiger charge is 2.14. The van der Waals surface area contributed by atoms with Gasteiger partial charge in [-0.2, -0.15) is 5.10 Å². The summed E-state index contributed by atoms with van der Waals surface area (Å²) in [5, 5.41) is 7.52. The standard InChI is InChI=1S/C21H24N4O/c1-15-9-11-18(12-10-15)14-24(4)21(26)22-19-7-5-6-8-20(19)25-17(3)13-16(2)23-25/h5-13H,14H2,1-4H3,(H,22,26). The maximum atomic E-state index is 12.6. The molecule has 5 heteroatoms. The molecule has 1 heterocycles. The number of aromatic nitrogens is 2. The molecule has 2 aromatic carbocycles. The summed E-state index contributed by atoms with van der Waals surface area (Å²) in [4.78, 5) is 14.3. The highest BCUT2D eigenvalue weighted by atomic mass is 16.2. The zero-order valence-electron chi connectivity index (χ0n) is 15.7. The van der Waals surface area contributed by atoms with Crippen LogP contribution in [0.15, 0.2) is 54.6 Å². The van der Waals surface area contributed by atoms with Crippen molar-refractivity contribution in [1.29, 1.82) is 0 Å². The molecule has 26 heavy (non-hydrogen) atoms. The zero-order valence-corrected chi connectivity index (χ0v) is 15.7. The largest absolute Gasteiger partial charge is 0.323 e. The highest BCUT2D eigenvalue weighted by molar-refractivity contribution is 5.91. The van der Waals surface area contributed by atoms with Gasteiger partial charge in [-0.15, -0.1) is 0 Å². The third-order valence-corrected chi connectivity index (χ3v) is 4.27. The Labute approximate surface area is 154 Å². The smallest absolute Gasteiger partial charge is 0.321 e. The second-order valence-electron chi connectivity index (χ2n) is 6.63. The second-order valence-corrected chi connectivity index (χ2v) is 6.63. The van der Waals surface area contributed by atoms with E-state index in [9.17, 15) is 4.79 Å². The van der Waals surface area contributed by atoms with Crippen molar-refractivity contribution < 1.29 is 4.79 Å². The van der Waals surface area contributed by atoms with Crippen LogP contribution in [-0.4, -0.2) is 27.8 Å². The summed E-state index contributed by atoms with van der Waals surface area (Å²) in [5.74, 6) is 0. The number of nitrogens with zero attached hydrogens (tertiary/aromatic N) is 3. The first-order chi connectivity index (χ1) is 12.4. The van der Waals surface area contributed by atoms with Crippen molar-refractivity contribution >= 4 is 11.7 Å². The summed E-state index contributed by atoms with van der Waals surface area (Å²) < 4.78 is 1.85. The minimum absolute atomic E-state index is 0.153. The SMILES string of the molecule is Cc1ccc(CN(C)C(=O)Nc2ccccc2-n2nc(C)cc2C)cc1. The van der Waals surface area contributed by atoms with Gasteiger partial charge in [-0.25, -0.2) is 9.48 Å². The van der Waals surface area contributed by atoms with E-state index >= 15 is 0 Å². The maximum absolute atomic E-state index is 12.6. The van der Waals surface area contributed by atoms with E-state index in [4.69, 9.17) is 0 Å². The molecule has 3 aromatic rings. The molecule has 0 saturated carbocycles. The number of para-hydroxylation sites is 2. The van der Waals surface area contributed by atoms with Crippen molar-refractivity contribution in [2.24, 2.45) is 0 Å². The van der Waals surface area contributed by atoms with Crippen molar-refractivity contribution in [1.82, 2.24) is 14.7 Å². The summed E-state index contributed by atoms with van der Waals surface area (Å²) in [5.41, 5.74) is 5.87. The molecule has 0 aliphatic heterocycles. The molecular formula is C21H24N4O. The fourth-order valence-electron chi connectivity index (χ4n) is 2.89. The predicted octanol–water partition coefficient (Wildman–Crippen LogP) is 4.46. The first kappa shape index (κ1) is 17.7. The van der Waals surface area contributed by atoms with Gasteiger partial charge < -0.3 is 10.2 Å². The summed E-state index contributed by atoms with van der Waals surface area (Å²) in [6.45, 7) is 6.56. The Morgan fingerprint density at radius 3 is 2.42 bits per heavy atom. The molecule has 3 rings (SSSR count). The van der Waals surface area contributed by atoms with Gasteiger partial charge in [0.15, 0.2) is 0 Å². The number of rotatable bonds is 4. The Balaban J connectivity index is 1.77. The first-order valence-electron chi connectivity index (χ1n) is 8.64. The Morgan fingerprint density at radius 2 is 1.77 bits per heavy atom. The summed E-state index contributed by atoms with van der Waals surface area (Å²) in [7, 11) is 1.79. The van der Waals surface area contributed by atoms with E-state index in [0.717, 1.165) is 28.3 Å². The van der Waals surface area contributed by atoms with E-state index in [2.05, 4.69) is 29.5 Å². The molecule has 2 amide bonds. The molecule has 1 N–H and O–H groups in total. The maximum Gasteiger partial charge on any atom is 0.321 e. The molecule has 0 atom stereocenters. The van der Waals surface area contributed by atoms with Crippen LogP contribution in [-0.2, 0) is 6.54 Å². The number of urea groups is 1. The minimum atomic E-state index is -0.153. The fraction of sp³-hybridized carbons (Fsp3) is 0.238. The molecule has 134 valence electrons. The van der Waals surface area contributed by atoms with Gasteiger partial charge in [0, 0.05) is 19.3 Å². The number of benzene rings is 2. The van der Waals surface area contributed by atoms with E-state index < -0.39 is 0 Å². The van der Waals surface area contributed by atoms with Gasteiger partial charge in [-0.3, -0.25) is 0 Å². The molecule has 0 aliphatic rings.